The highest BCUT2D eigenvalue weighted by atomic mass is 32.1. The third kappa shape index (κ3) is 4.04. The molecule has 0 saturated heterocycles. The lowest BCUT2D eigenvalue weighted by atomic mass is 10.2. The maximum Gasteiger partial charge on any atom is 0.254 e. The fraction of sp³-hybridized carbons (Fsp3) is 0.312. The van der Waals surface area contributed by atoms with Crippen molar-refractivity contribution in [3.8, 4) is 5.75 Å². The molecule has 0 aliphatic heterocycles. The maximum atomic E-state index is 12.8. The first-order valence-corrected chi connectivity index (χ1v) is 7.50. The number of hydrogen-bond acceptors (Lipinski definition) is 3. The molecule has 0 atom stereocenters. The molecular formula is C16H18FNO2S. The number of thiophene rings is 1. The minimum absolute atomic E-state index is 0.000411. The molecule has 0 saturated carbocycles. The molecule has 0 N–H and O–H groups in total. The smallest absolute Gasteiger partial charge is 0.254 e. The van der Waals surface area contributed by atoms with Crippen LogP contribution in [0.15, 0.2) is 30.3 Å². The minimum Gasteiger partial charge on any atom is -0.492 e. The second kappa shape index (κ2) is 6.72. The number of nitrogens with zero attached hydrogens (tertiary/aromatic N) is 1. The summed E-state index contributed by atoms with van der Waals surface area (Å²) in [6.07, 6.45) is 0. The van der Waals surface area contributed by atoms with Crippen LogP contribution in [-0.2, 0) is 0 Å². The number of halogens is 1. The number of carbonyl (C=O) groups excluding carboxylic acids is 1. The van der Waals surface area contributed by atoms with Crippen LogP contribution in [0.5, 0.6) is 5.75 Å². The van der Waals surface area contributed by atoms with Crippen molar-refractivity contribution in [2.45, 2.75) is 13.8 Å². The summed E-state index contributed by atoms with van der Waals surface area (Å²) in [5.74, 6) is 0.303. The number of carbonyl (C=O) groups is 1. The summed E-state index contributed by atoms with van der Waals surface area (Å²) in [5.41, 5.74) is 0.752. The van der Waals surface area contributed by atoms with Gasteiger partial charge >= 0.3 is 0 Å². The SMILES string of the molecule is Cc1cc(C(=O)N(C)CCOc2ccc(F)cc2)c(C)s1. The van der Waals surface area contributed by atoms with Crippen LogP contribution in [0.1, 0.15) is 20.1 Å². The van der Waals surface area contributed by atoms with Crippen LogP contribution in [0, 0.1) is 19.7 Å². The van der Waals surface area contributed by atoms with E-state index in [0.29, 0.717) is 18.9 Å². The van der Waals surface area contributed by atoms with Gasteiger partial charge in [-0.15, -0.1) is 11.3 Å². The molecule has 0 radical (unpaired) electrons. The Balaban J connectivity index is 1.87. The van der Waals surface area contributed by atoms with Gasteiger partial charge in [0.05, 0.1) is 12.1 Å². The van der Waals surface area contributed by atoms with Gasteiger partial charge in [-0.1, -0.05) is 0 Å². The van der Waals surface area contributed by atoms with Crippen molar-refractivity contribution in [1.29, 1.82) is 0 Å². The Morgan fingerprint density at radius 2 is 1.95 bits per heavy atom. The summed E-state index contributed by atoms with van der Waals surface area (Å²) in [7, 11) is 1.75. The number of ether oxygens (including phenoxy) is 1. The van der Waals surface area contributed by atoms with Gasteiger partial charge in [-0.25, -0.2) is 4.39 Å². The van der Waals surface area contributed by atoms with Gasteiger partial charge in [0, 0.05) is 16.8 Å². The number of benzene rings is 1. The Morgan fingerprint density at radius 3 is 2.52 bits per heavy atom. The average molecular weight is 307 g/mol. The third-order valence-electron chi connectivity index (χ3n) is 3.13. The summed E-state index contributed by atoms with van der Waals surface area (Å²) in [6, 6.07) is 7.76. The van der Waals surface area contributed by atoms with E-state index in [1.165, 1.54) is 12.1 Å². The zero-order valence-electron chi connectivity index (χ0n) is 12.4. The van der Waals surface area contributed by atoms with E-state index in [1.807, 2.05) is 19.9 Å². The number of aryl methyl sites for hydroxylation is 2. The largest absolute Gasteiger partial charge is 0.492 e. The van der Waals surface area contributed by atoms with E-state index in [9.17, 15) is 9.18 Å². The van der Waals surface area contributed by atoms with E-state index in [4.69, 9.17) is 4.74 Å². The zero-order chi connectivity index (χ0) is 15.4. The van der Waals surface area contributed by atoms with Crippen molar-refractivity contribution in [2.24, 2.45) is 0 Å². The molecule has 1 heterocycles. The topological polar surface area (TPSA) is 29.5 Å². The Labute approximate surface area is 128 Å². The van der Waals surface area contributed by atoms with E-state index < -0.39 is 0 Å². The molecule has 5 heteroatoms. The molecule has 1 aromatic heterocycles. The molecule has 1 aromatic carbocycles. The van der Waals surface area contributed by atoms with Gasteiger partial charge in [-0.2, -0.15) is 0 Å². The van der Waals surface area contributed by atoms with E-state index in [0.717, 1.165) is 15.3 Å². The van der Waals surface area contributed by atoms with E-state index in [-0.39, 0.29) is 11.7 Å². The van der Waals surface area contributed by atoms with E-state index in [2.05, 4.69) is 0 Å². The molecule has 0 aliphatic carbocycles. The van der Waals surface area contributed by atoms with Gasteiger partial charge in [-0.3, -0.25) is 4.79 Å². The molecule has 3 nitrogen and oxygen atoms in total. The van der Waals surface area contributed by atoms with Crippen molar-refractivity contribution in [2.75, 3.05) is 20.2 Å². The van der Waals surface area contributed by atoms with Crippen molar-refractivity contribution in [3.05, 3.63) is 51.5 Å². The Kier molecular flexibility index (Phi) is 4.96. The summed E-state index contributed by atoms with van der Waals surface area (Å²) in [4.78, 5) is 16.1. The van der Waals surface area contributed by atoms with Crippen LogP contribution < -0.4 is 4.74 Å². The molecule has 1 amide bonds. The first kappa shape index (κ1) is 15.5. The highest BCUT2D eigenvalue weighted by Gasteiger charge is 2.16. The zero-order valence-corrected chi connectivity index (χ0v) is 13.2. The number of likely N-dealkylation sites (N-methyl/N-ethyl adjacent to an activating group) is 1. The van der Waals surface area contributed by atoms with Crippen LogP contribution in [-0.4, -0.2) is 31.0 Å². The minimum atomic E-state index is -0.294. The third-order valence-corrected chi connectivity index (χ3v) is 4.09. The lowest BCUT2D eigenvalue weighted by molar-refractivity contribution is 0.0773. The van der Waals surface area contributed by atoms with Gasteiger partial charge < -0.3 is 9.64 Å². The van der Waals surface area contributed by atoms with Crippen LogP contribution in [0.2, 0.25) is 0 Å². The summed E-state index contributed by atoms with van der Waals surface area (Å²) < 4.78 is 18.3. The van der Waals surface area contributed by atoms with Crippen LogP contribution in [0.25, 0.3) is 0 Å². The second-order valence-corrected chi connectivity index (χ2v) is 6.32. The fourth-order valence-electron chi connectivity index (χ4n) is 1.98. The first-order valence-electron chi connectivity index (χ1n) is 6.68. The monoisotopic (exact) mass is 307 g/mol. The highest BCUT2D eigenvalue weighted by Crippen LogP contribution is 2.21. The summed E-state index contributed by atoms with van der Waals surface area (Å²) >= 11 is 1.62. The van der Waals surface area contributed by atoms with Gasteiger partial charge in [-0.05, 0) is 44.2 Å². The lowest BCUT2D eigenvalue weighted by Gasteiger charge is -2.17. The standard InChI is InChI=1S/C16H18FNO2S/c1-11-10-15(12(2)21-11)16(19)18(3)8-9-20-14-6-4-13(17)5-7-14/h4-7,10H,8-9H2,1-3H3. The second-order valence-electron chi connectivity index (χ2n) is 4.86. The molecular weight excluding hydrogens is 289 g/mol. The highest BCUT2D eigenvalue weighted by molar-refractivity contribution is 7.12. The molecule has 0 spiro atoms. The van der Waals surface area contributed by atoms with Crippen molar-refractivity contribution >= 4 is 17.2 Å². The molecule has 2 aromatic rings. The quantitative estimate of drug-likeness (QED) is 0.844. The Morgan fingerprint density at radius 1 is 1.29 bits per heavy atom. The number of rotatable bonds is 5. The molecule has 0 aliphatic rings. The van der Waals surface area contributed by atoms with Crippen LogP contribution in [0.3, 0.4) is 0 Å². The lowest BCUT2D eigenvalue weighted by Crippen LogP contribution is -2.31. The predicted octanol–water partition coefficient (Wildman–Crippen LogP) is 3.66. The predicted molar refractivity (Wildman–Crippen MR) is 82.6 cm³/mol. The Hall–Kier alpha value is -1.88. The summed E-state index contributed by atoms with van der Waals surface area (Å²) in [6.45, 7) is 4.79. The summed E-state index contributed by atoms with van der Waals surface area (Å²) in [5, 5.41) is 0. The van der Waals surface area contributed by atoms with Gasteiger partial charge in [0.25, 0.3) is 5.91 Å². The molecule has 0 bridgehead atoms. The van der Waals surface area contributed by atoms with Crippen LogP contribution >= 0.6 is 11.3 Å². The molecule has 0 unspecified atom stereocenters. The van der Waals surface area contributed by atoms with Gasteiger partial charge in [0.2, 0.25) is 0 Å². The van der Waals surface area contributed by atoms with Crippen LogP contribution in [0.4, 0.5) is 4.39 Å². The normalized spacial score (nSPS) is 10.5. The first-order chi connectivity index (χ1) is 9.97. The van der Waals surface area contributed by atoms with Gasteiger partial charge in [0.15, 0.2) is 0 Å². The molecule has 0 fully saturated rings. The molecule has 21 heavy (non-hydrogen) atoms. The number of amides is 1. The maximum absolute atomic E-state index is 12.8. The Bertz CT molecular complexity index is 622. The van der Waals surface area contributed by atoms with E-state index >= 15 is 0 Å². The van der Waals surface area contributed by atoms with Gasteiger partial charge in [0.1, 0.15) is 18.2 Å². The molecule has 2 rings (SSSR count). The van der Waals surface area contributed by atoms with E-state index in [1.54, 1.807) is 35.4 Å². The van der Waals surface area contributed by atoms with Crippen molar-refractivity contribution in [3.63, 3.8) is 0 Å². The van der Waals surface area contributed by atoms with Crippen molar-refractivity contribution in [1.82, 2.24) is 4.90 Å². The molecule has 112 valence electrons. The number of hydrogen-bond donors (Lipinski definition) is 0. The average Bonchev–Trinajstić information content (AvgIpc) is 2.79. The fourth-order valence-corrected chi connectivity index (χ4v) is 2.90. The van der Waals surface area contributed by atoms with Crippen molar-refractivity contribution < 1.29 is 13.9 Å².